The standard InChI is InChI=1S/C12H25N3O/c1-4-15-7-5-11(6-8-15)9-13-12(16)14-10(2)3/h10-11H,4-9H2,1-3H3,(H2,13,14,16). The van der Waals surface area contributed by atoms with E-state index < -0.39 is 0 Å². The zero-order valence-corrected chi connectivity index (χ0v) is 10.8. The van der Waals surface area contributed by atoms with Crippen molar-refractivity contribution >= 4 is 6.03 Å². The van der Waals surface area contributed by atoms with E-state index in [2.05, 4.69) is 22.5 Å². The van der Waals surface area contributed by atoms with E-state index in [9.17, 15) is 4.79 Å². The van der Waals surface area contributed by atoms with Gasteiger partial charge < -0.3 is 15.5 Å². The second-order valence-electron chi connectivity index (χ2n) is 4.89. The van der Waals surface area contributed by atoms with Crippen molar-refractivity contribution in [1.82, 2.24) is 15.5 Å². The van der Waals surface area contributed by atoms with E-state index in [4.69, 9.17) is 0 Å². The van der Waals surface area contributed by atoms with Crippen LogP contribution in [0.15, 0.2) is 0 Å². The Bertz CT molecular complexity index is 210. The van der Waals surface area contributed by atoms with Crippen LogP contribution >= 0.6 is 0 Å². The maximum atomic E-state index is 11.4. The van der Waals surface area contributed by atoms with Crippen molar-refractivity contribution in [1.29, 1.82) is 0 Å². The van der Waals surface area contributed by atoms with Crippen molar-refractivity contribution < 1.29 is 4.79 Å². The van der Waals surface area contributed by atoms with Crippen LogP contribution in [0, 0.1) is 5.92 Å². The maximum absolute atomic E-state index is 11.4. The molecule has 0 bridgehead atoms. The topological polar surface area (TPSA) is 44.4 Å². The van der Waals surface area contributed by atoms with Gasteiger partial charge in [-0.3, -0.25) is 0 Å². The number of nitrogens with zero attached hydrogens (tertiary/aromatic N) is 1. The molecule has 94 valence electrons. The summed E-state index contributed by atoms with van der Waals surface area (Å²) >= 11 is 0. The summed E-state index contributed by atoms with van der Waals surface area (Å²) in [6.07, 6.45) is 2.41. The highest BCUT2D eigenvalue weighted by Gasteiger charge is 2.18. The van der Waals surface area contributed by atoms with Crippen molar-refractivity contribution in [2.75, 3.05) is 26.2 Å². The average molecular weight is 227 g/mol. The van der Waals surface area contributed by atoms with Gasteiger partial charge in [-0.25, -0.2) is 4.79 Å². The molecule has 2 amide bonds. The lowest BCUT2D eigenvalue weighted by Crippen LogP contribution is -2.43. The molecule has 4 heteroatoms. The molecular formula is C12H25N3O. The summed E-state index contributed by atoms with van der Waals surface area (Å²) in [4.78, 5) is 13.8. The molecule has 16 heavy (non-hydrogen) atoms. The Kier molecular flexibility index (Phi) is 5.60. The minimum absolute atomic E-state index is 0.0343. The number of amides is 2. The highest BCUT2D eigenvalue weighted by molar-refractivity contribution is 5.74. The third kappa shape index (κ3) is 4.84. The van der Waals surface area contributed by atoms with Crippen molar-refractivity contribution in [3.05, 3.63) is 0 Å². The van der Waals surface area contributed by atoms with Crippen LogP contribution in [0.2, 0.25) is 0 Å². The van der Waals surface area contributed by atoms with E-state index in [1.165, 1.54) is 25.9 Å². The minimum atomic E-state index is -0.0343. The Hall–Kier alpha value is -0.770. The molecule has 1 heterocycles. The van der Waals surface area contributed by atoms with Gasteiger partial charge >= 0.3 is 6.03 Å². The quantitative estimate of drug-likeness (QED) is 0.763. The summed E-state index contributed by atoms with van der Waals surface area (Å²) in [6, 6.07) is 0.176. The van der Waals surface area contributed by atoms with Gasteiger partial charge in [-0.05, 0) is 52.2 Å². The van der Waals surface area contributed by atoms with Gasteiger partial charge in [0.15, 0.2) is 0 Å². The van der Waals surface area contributed by atoms with E-state index in [0.717, 1.165) is 13.1 Å². The molecule has 0 aromatic carbocycles. The fourth-order valence-corrected chi connectivity index (χ4v) is 2.06. The van der Waals surface area contributed by atoms with Crippen LogP contribution in [0.25, 0.3) is 0 Å². The van der Waals surface area contributed by atoms with Crippen LogP contribution in [-0.4, -0.2) is 43.2 Å². The molecule has 1 fully saturated rings. The number of hydrogen-bond acceptors (Lipinski definition) is 2. The van der Waals surface area contributed by atoms with Crippen LogP contribution in [0.5, 0.6) is 0 Å². The number of hydrogen-bond donors (Lipinski definition) is 2. The first-order chi connectivity index (χ1) is 7.61. The van der Waals surface area contributed by atoms with E-state index in [1.54, 1.807) is 0 Å². The lowest BCUT2D eigenvalue weighted by molar-refractivity contribution is 0.188. The highest BCUT2D eigenvalue weighted by atomic mass is 16.2. The molecule has 0 aromatic heterocycles. The first kappa shape index (κ1) is 13.3. The number of urea groups is 1. The molecule has 0 spiro atoms. The summed E-state index contributed by atoms with van der Waals surface area (Å²) in [5, 5.41) is 5.79. The van der Waals surface area contributed by atoms with Gasteiger partial charge in [-0.1, -0.05) is 6.92 Å². The minimum Gasteiger partial charge on any atom is -0.338 e. The average Bonchev–Trinajstić information content (AvgIpc) is 2.26. The van der Waals surface area contributed by atoms with E-state index in [-0.39, 0.29) is 12.1 Å². The Balaban J connectivity index is 2.12. The summed E-state index contributed by atoms with van der Waals surface area (Å²) in [7, 11) is 0. The molecule has 0 radical (unpaired) electrons. The smallest absolute Gasteiger partial charge is 0.314 e. The van der Waals surface area contributed by atoms with Gasteiger partial charge in [0.1, 0.15) is 0 Å². The highest BCUT2D eigenvalue weighted by Crippen LogP contribution is 2.15. The lowest BCUT2D eigenvalue weighted by Gasteiger charge is -2.31. The Labute approximate surface area is 98.8 Å². The normalized spacial score (nSPS) is 18.8. The van der Waals surface area contributed by atoms with Gasteiger partial charge in [0.05, 0.1) is 0 Å². The molecule has 0 atom stereocenters. The van der Waals surface area contributed by atoms with Gasteiger partial charge in [0.2, 0.25) is 0 Å². The van der Waals surface area contributed by atoms with Gasteiger partial charge in [-0.2, -0.15) is 0 Å². The summed E-state index contributed by atoms with van der Waals surface area (Å²) in [5.41, 5.74) is 0. The monoisotopic (exact) mass is 227 g/mol. The third-order valence-electron chi connectivity index (χ3n) is 3.13. The molecular weight excluding hydrogens is 202 g/mol. The summed E-state index contributed by atoms with van der Waals surface area (Å²) in [5.74, 6) is 0.653. The molecule has 1 rings (SSSR count). The van der Waals surface area contributed by atoms with Gasteiger partial charge in [-0.15, -0.1) is 0 Å². The Morgan fingerprint density at radius 3 is 2.50 bits per heavy atom. The molecule has 0 unspecified atom stereocenters. The summed E-state index contributed by atoms with van der Waals surface area (Å²) < 4.78 is 0. The zero-order valence-electron chi connectivity index (χ0n) is 10.8. The summed E-state index contributed by atoms with van der Waals surface area (Å²) in [6.45, 7) is 10.5. The number of carbonyl (C=O) groups is 1. The van der Waals surface area contributed by atoms with Crippen molar-refractivity contribution in [2.45, 2.75) is 39.7 Å². The van der Waals surface area contributed by atoms with Crippen LogP contribution in [0.4, 0.5) is 4.79 Å². The second-order valence-corrected chi connectivity index (χ2v) is 4.89. The third-order valence-corrected chi connectivity index (χ3v) is 3.13. The molecule has 0 saturated carbocycles. The molecule has 2 N–H and O–H groups in total. The Morgan fingerprint density at radius 1 is 1.38 bits per heavy atom. The predicted molar refractivity (Wildman–Crippen MR) is 66.5 cm³/mol. The fourth-order valence-electron chi connectivity index (χ4n) is 2.06. The number of piperidine rings is 1. The number of rotatable bonds is 4. The molecule has 1 aliphatic heterocycles. The molecule has 1 saturated heterocycles. The second kappa shape index (κ2) is 6.74. The van der Waals surface area contributed by atoms with E-state index in [0.29, 0.717) is 5.92 Å². The van der Waals surface area contributed by atoms with E-state index in [1.807, 2.05) is 13.8 Å². The van der Waals surface area contributed by atoms with Gasteiger partial charge in [0.25, 0.3) is 0 Å². The molecule has 0 aliphatic carbocycles. The SMILES string of the molecule is CCN1CCC(CNC(=O)NC(C)C)CC1. The van der Waals surface area contributed by atoms with Crippen LogP contribution in [0.3, 0.4) is 0 Å². The number of nitrogens with one attached hydrogen (secondary N) is 2. The molecule has 4 nitrogen and oxygen atoms in total. The predicted octanol–water partition coefficient (Wildman–Crippen LogP) is 1.43. The van der Waals surface area contributed by atoms with Crippen LogP contribution < -0.4 is 10.6 Å². The number of carbonyl (C=O) groups excluding carboxylic acids is 1. The molecule has 0 aromatic rings. The van der Waals surface area contributed by atoms with Crippen molar-refractivity contribution in [3.8, 4) is 0 Å². The zero-order chi connectivity index (χ0) is 12.0. The van der Waals surface area contributed by atoms with Crippen molar-refractivity contribution in [2.24, 2.45) is 5.92 Å². The first-order valence-corrected chi connectivity index (χ1v) is 6.38. The van der Waals surface area contributed by atoms with Crippen LogP contribution in [-0.2, 0) is 0 Å². The largest absolute Gasteiger partial charge is 0.338 e. The van der Waals surface area contributed by atoms with E-state index >= 15 is 0 Å². The first-order valence-electron chi connectivity index (χ1n) is 6.38. The number of likely N-dealkylation sites (tertiary alicyclic amines) is 1. The van der Waals surface area contributed by atoms with Crippen LogP contribution in [0.1, 0.15) is 33.6 Å². The fraction of sp³-hybridized carbons (Fsp3) is 0.917. The Morgan fingerprint density at radius 2 is 2.00 bits per heavy atom. The molecule has 1 aliphatic rings. The maximum Gasteiger partial charge on any atom is 0.314 e. The van der Waals surface area contributed by atoms with Gasteiger partial charge in [0, 0.05) is 12.6 Å². The lowest BCUT2D eigenvalue weighted by atomic mass is 9.97. The van der Waals surface area contributed by atoms with Crippen molar-refractivity contribution in [3.63, 3.8) is 0 Å².